The summed E-state index contributed by atoms with van der Waals surface area (Å²) in [6.45, 7) is 6.77. The minimum Gasteiger partial charge on any atom is -0.497 e. The largest absolute Gasteiger partial charge is 0.497 e. The van der Waals surface area contributed by atoms with Crippen LogP contribution in [-0.4, -0.2) is 65.5 Å². The third-order valence-electron chi connectivity index (χ3n) is 5.30. The zero-order valence-corrected chi connectivity index (χ0v) is 16.4. The molecule has 146 valence electrons. The highest BCUT2D eigenvalue weighted by Gasteiger charge is 2.25. The number of rotatable bonds is 8. The zero-order chi connectivity index (χ0) is 19.1. The first-order valence-electron chi connectivity index (χ1n) is 9.83. The molecule has 6 nitrogen and oxygen atoms in total. The molecule has 0 aliphatic carbocycles. The number of likely N-dealkylation sites (tertiary alicyclic amines) is 1. The standard InChI is InChI=1S/C21H30N4O2/c1-3-25(21(26)20-22-10-11-23-20)16-18-7-5-12-24(15-18)13-9-17-6-4-8-19(14-17)27-2/h4,6,8,10-11,14,18H,3,5,7,9,12-13,15-16H2,1-2H3,(H,22,23). The van der Waals surface area contributed by atoms with E-state index >= 15 is 0 Å². The molecule has 2 aromatic rings. The minimum absolute atomic E-state index is 0.00370. The molecule has 0 bridgehead atoms. The average molecular weight is 370 g/mol. The van der Waals surface area contributed by atoms with Gasteiger partial charge in [0.25, 0.3) is 5.91 Å². The Kier molecular flexibility index (Phi) is 6.87. The van der Waals surface area contributed by atoms with Gasteiger partial charge in [0.1, 0.15) is 5.75 Å². The highest BCUT2D eigenvalue weighted by atomic mass is 16.5. The molecular formula is C21H30N4O2. The smallest absolute Gasteiger partial charge is 0.289 e. The number of nitrogens with one attached hydrogen (secondary N) is 1. The Bertz CT molecular complexity index is 717. The number of H-pyrrole nitrogens is 1. The topological polar surface area (TPSA) is 61.5 Å². The summed E-state index contributed by atoms with van der Waals surface area (Å²) in [7, 11) is 1.71. The van der Waals surface area contributed by atoms with Gasteiger partial charge in [0.15, 0.2) is 5.82 Å². The molecule has 0 spiro atoms. The summed E-state index contributed by atoms with van der Waals surface area (Å²) in [6, 6.07) is 8.30. The Morgan fingerprint density at radius 3 is 3.07 bits per heavy atom. The number of methoxy groups -OCH3 is 1. The van der Waals surface area contributed by atoms with Crippen LogP contribution < -0.4 is 4.74 Å². The van der Waals surface area contributed by atoms with Crippen molar-refractivity contribution in [2.45, 2.75) is 26.2 Å². The lowest BCUT2D eigenvalue weighted by molar-refractivity contribution is 0.0680. The van der Waals surface area contributed by atoms with Crippen LogP contribution in [0.15, 0.2) is 36.7 Å². The van der Waals surface area contributed by atoms with Gasteiger partial charge < -0.3 is 19.5 Å². The van der Waals surface area contributed by atoms with Gasteiger partial charge in [-0.05, 0) is 56.3 Å². The SMILES string of the molecule is CCN(CC1CCCN(CCc2cccc(OC)c2)C1)C(=O)c1ncc[nH]1. The zero-order valence-electron chi connectivity index (χ0n) is 16.4. The molecule has 1 amide bonds. The summed E-state index contributed by atoms with van der Waals surface area (Å²) in [4.78, 5) is 24.0. The van der Waals surface area contributed by atoms with Gasteiger partial charge in [0, 0.05) is 38.6 Å². The van der Waals surface area contributed by atoms with Gasteiger partial charge in [-0.1, -0.05) is 12.1 Å². The Labute approximate surface area is 161 Å². The van der Waals surface area contributed by atoms with Crippen molar-refractivity contribution < 1.29 is 9.53 Å². The maximum Gasteiger partial charge on any atom is 0.289 e. The number of carbonyl (C=O) groups excluding carboxylic acids is 1. The second kappa shape index (κ2) is 9.55. The molecule has 0 saturated carbocycles. The number of ether oxygens (including phenoxy) is 1. The highest BCUT2D eigenvalue weighted by Crippen LogP contribution is 2.20. The first kappa shape index (κ1) is 19.4. The van der Waals surface area contributed by atoms with E-state index in [-0.39, 0.29) is 5.91 Å². The van der Waals surface area contributed by atoms with Crippen LogP contribution in [0.2, 0.25) is 0 Å². The normalized spacial score (nSPS) is 17.6. The summed E-state index contributed by atoms with van der Waals surface area (Å²) in [6.07, 6.45) is 6.71. The van der Waals surface area contributed by atoms with Crippen molar-refractivity contribution in [1.29, 1.82) is 0 Å². The molecular weight excluding hydrogens is 340 g/mol. The van der Waals surface area contributed by atoms with Gasteiger partial charge in [-0.25, -0.2) is 4.98 Å². The summed E-state index contributed by atoms with van der Waals surface area (Å²) in [5, 5.41) is 0. The molecule has 2 heterocycles. The molecule has 1 N–H and O–H groups in total. The molecule has 3 rings (SSSR count). The molecule has 0 radical (unpaired) electrons. The summed E-state index contributed by atoms with van der Waals surface area (Å²) in [5.74, 6) is 1.86. The van der Waals surface area contributed by atoms with Crippen molar-refractivity contribution in [3.05, 3.63) is 48.0 Å². The van der Waals surface area contributed by atoms with E-state index < -0.39 is 0 Å². The number of amides is 1. The Balaban J connectivity index is 1.51. The Morgan fingerprint density at radius 1 is 1.44 bits per heavy atom. The second-order valence-corrected chi connectivity index (χ2v) is 7.19. The fourth-order valence-corrected chi connectivity index (χ4v) is 3.82. The molecule has 1 atom stereocenters. The van der Waals surface area contributed by atoms with E-state index in [1.807, 2.05) is 24.0 Å². The van der Waals surface area contributed by atoms with Crippen molar-refractivity contribution >= 4 is 5.91 Å². The van der Waals surface area contributed by atoms with Gasteiger partial charge in [-0.15, -0.1) is 0 Å². The molecule has 1 aliphatic rings. The van der Waals surface area contributed by atoms with Crippen LogP contribution in [0.1, 0.15) is 35.9 Å². The van der Waals surface area contributed by atoms with E-state index in [0.717, 1.165) is 38.3 Å². The van der Waals surface area contributed by atoms with Crippen LogP contribution >= 0.6 is 0 Å². The lowest BCUT2D eigenvalue weighted by atomic mass is 9.96. The fraction of sp³-hybridized carbons (Fsp3) is 0.524. The lowest BCUT2D eigenvalue weighted by Gasteiger charge is -2.35. The van der Waals surface area contributed by atoms with Gasteiger partial charge in [0.05, 0.1) is 7.11 Å². The van der Waals surface area contributed by atoms with Gasteiger partial charge >= 0.3 is 0 Å². The maximum absolute atomic E-state index is 12.6. The van der Waals surface area contributed by atoms with Gasteiger partial charge in [0.2, 0.25) is 0 Å². The molecule has 1 saturated heterocycles. The van der Waals surface area contributed by atoms with E-state index in [1.54, 1.807) is 19.5 Å². The third-order valence-corrected chi connectivity index (χ3v) is 5.30. The summed E-state index contributed by atoms with van der Waals surface area (Å²) >= 11 is 0. The fourth-order valence-electron chi connectivity index (χ4n) is 3.82. The van der Waals surface area contributed by atoms with E-state index in [9.17, 15) is 4.79 Å². The molecule has 6 heteroatoms. The third kappa shape index (κ3) is 5.32. The van der Waals surface area contributed by atoms with Crippen LogP contribution in [0.4, 0.5) is 0 Å². The Morgan fingerprint density at radius 2 is 2.33 bits per heavy atom. The number of imidazole rings is 1. The van der Waals surface area contributed by atoms with Crippen molar-refractivity contribution in [2.24, 2.45) is 5.92 Å². The van der Waals surface area contributed by atoms with E-state index in [4.69, 9.17) is 4.74 Å². The summed E-state index contributed by atoms with van der Waals surface area (Å²) in [5.41, 5.74) is 1.31. The number of aromatic nitrogens is 2. The van der Waals surface area contributed by atoms with Gasteiger partial charge in [-0.2, -0.15) is 0 Å². The molecule has 1 aliphatic heterocycles. The first-order chi connectivity index (χ1) is 13.2. The summed E-state index contributed by atoms with van der Waals surface area (Å²) < 4.78 is 5.31. The van der Waals surface area contributed by atoms with Crippen LogP contribution in [0.25, 0.3) is 0 Å². The van der Waals surface area contributed by atoms with Crippen LogP contribution in [-0.2, 0) is 6.42 Å². The van der Waals surface area contributed by atoms with E-state index in [0.29, 0.717) is 18.3 Å². The quantitative estimate of drug-likeness (QED) is 0.776. The Hall–Kier alpha value is -2.34. The molecule has 27 heavy (non-hydrogen) atoms. The predicted octanol–water partition coefficient (Wildman–Crippen LogP) is 2.84. The van der Waals surface area contributed by atoms with Crippen LogP contribution in [0.5, 0.6) is 5.75 Å². The molecule has 1 aromatic carbocycles. The van der Waals surface area contributed by atoms with Crippen LogP contribution in [0, 0.1) is 5.92 Å². The van der Waals surface area contributed by atoms with E-state index in [2.05, 4.69) is 27.0 Å². The van der Waals surface area contributed by atoms with E-state index in [1.165, 1.54) is 18.4 Å². The number of hydrogen-bond donors (Lipinski definition) is 1. The van der Waals surface area contributed by atoms with Crippen molar-refractivity contribution in [3.8, 4) is 5.75 Å². The van der Waals surface area contributed by atoms with Gasteiger partial charge in [-0.3, -0.25) is 4.79 Å². The number of aromatic amines is 1. The van der Waals surface area contributed by atoms with Crippen molar-refractivity contribution in [2.75, 3.05) is 39.8 Å². The number of carbonyl (C=O) groups is 1. The molecule has 1 fully saturated rings. The minimum atomic E-state index is -0.00370. The predicted molar refractivity (Wildman–Crippen MR) is 106 cm³/mol. The molecule has 1 unspecified atom stereocenters. The highest BCUT2D eigenvalue weighted by molar-refractivity contribution is 5.90. The van der Waals surface area contributed by atoms with Crippen molar-refractivity contribution in [3.63, 3.8) is 0 Å². The van der Waals surface area contributed by atoms with Crippen LogP contribution in [0.3, 0.4) is 0 Å². The number of nitrogens with zero attached hydrogens (tertiary/aromatic N) is 3. The lowest BCUT2D eigenvalue weighted by Crippen LogP contribution is -2.43. The number of hydrogen-bond acceptors (Lipinski definition) is 4. The number of benzene rings is 1. The maximum atomic E-state index is 12.6. The second-order valence-electron chi connectivity index (χ2n) is 7.19. The monoisotopic (exact) mass is 370 g/mol. The van der Waals surface area contributed by atoms with Crippen molar-refractivity contribution in [1.82, 2.24) is 19.8 Å². The first-order valence-corrected chi connectivity index (χ1v) is 9.83. The molecule has 1 aromatic heterocycles. The number of piperidine rings is 1. The average Bonchev–Trinajstić information content (AvgIpc) is 3.25.